The van der Waals surface area contributed by atoms with Crippen molar-refractivity contribution in [3.05, 3.63) is 265 Å². The van der Waals surface area contributed by atoms with Gasteiger partial charge in [-0.2, -0.15) is 0 Å². The molecule has 0 saturated heterocycles. The van der Waals surface area contributed by atoms with Gasteiger partial charge in [-0.25, -0.2) is 0 Å². The minimum Gasteiger partial charge on any atom is -0.0622 e. The highest BCUT2D eigenvalue weighted by atomic mass is 14.5. The van der Waals surface area contributed by atoms with Crippen LogP contribution >= 0.6 is 0 Å². The lowest BCUT2D eigenvalue weighted by Gasteiger charge is -2.35. The number of fused-ring (bicyclic) bond motifs is 12. The molecule has 0 heterocycles. The second kappa shape index (κ2) is 14.0. The summed E-state index contributed by atoms with van der Waals surface area (Å²) in [6, 6.07) is 90.5. The van der Waals surface area contributed by atoms with Gasteiger partial charge in [0.1, 0.15) is 0 Å². The molecule has 292 valence electrons. The molecule has 0 radical (unpaired) electrons. The Hall–Kier alpha value is -8.06. The number of benzene rings is 12. The number of rotatable bonds is 5. The molecule has 0 saturated carbocycles. The molecule has 1 aliphatic rings. The van der Waals surface area contributed by atoms with Gasteiger partial charge in [0.15, 0.2) is 0 Å². The van der Waals surface area contributed by atoms with Crippen molar-refractivity contribution in [2.45, 2.75) is 5.41 Å². The summed E-state index contributed by atoms with van der Waals surface area (Å²) < 4.78 is 0. The van der Waals surface area contributed by atoms with Crippen LogP contribution in [-0.4, -0.2) is 0 Å². The smallest absolute Gasteiger partial charge is 0.0622 e. The van der Waals surface area contributed by atoms with Gasteiger partial charge in [-0.15, -0.1) is 0 Å². The maximum Gasteiger partial charge on any atom is 0.0725 e. The van der Waals surface area contributed by atoms with Crippen LogP contribution in [0.25, 0.3) is 98.4 Å². The van der Waals surface area contributed by atoms with Gasteiger partial charge in [-0.3, -0.25) is 0 Å². The van der Waals surface area contributed by atoms with Crippen LogP contribution in [0, 0.1) is 0 Å². The molecule has 0 bridgehead atoms. The van der Waals surface area contributed by atoms with Gasteiger partial charge in [0.05, 0.1) is 5.41 Å². The zero-order valence-corrected chi connectivity index (χ0v) is 34.6. The average Bonchev–Trinajstić information content (AvgIpc) is 3.69. The largest absolute Gasteiger partial charge is 0.0725 e. The van der Waals surface area contributed by atoms with Gasteiger partial charge >= 0.3 is 0 Å². The maximum absolute atomic E-state index is 2.46. The molecule has 0 aliphatic heterocycles. The molecule has 0 atom stereocenters. The Balaban J connectivity index is 1.11. The van der Waals surface area contributed by atoms with Crippen molar-refractivity contribution in [1.29, 1.82) is 0 Å². The van der Waals surface area contributed by atoms with Crippen molar-refractivity contribution < 1.29 is 0 Å². The third-order valence-electron chi connectivity index (χ3n) is 13.9. The third kappa shape index (κ3) is 5.16. The highest BCUT2D eigenvalue weighted by Gasteiger charge is 2.49. The lowest BCUT2D eigenvalue weighted by atomic mass is 9.65. The summed E-state index contributed by atoms with van der Waals surface area (Å²) in [4.78, 5) is 0. The molecule has 0 spiro atoms. The Bertz CT molecular complexity index is 3670. The van der Waals surface area contributed by atoms with E-state index in [1.165, 1.54) is 121 Å². The zero-order chi connectivity index (χ0) is 41.5. The molecule has 0 aromatic heterocycles. The van der Waals surface area contributed by atoms with Crippen molar-refractivity contribution in [2.75, 3.05) is 0 Å². The zero-order valence-electron chi connectivity index (χ0n) is 34.6. The molecule has 0 amide bonds. The summed E-state index contributed by atoms with van der Waals surface area (Å²) in [5, 5.41) is 12.7. The van der Waals surface area contributed by atoms with E-state index in [-0.39, 0.29) is 0 Å². The summed E-state index contributed by atoms with van der Waals surface area (Å²) in [7, 11) is 0. The van der Waals surface area contributed by atoms with Gasteiger partial charge < -0.3 is 0 Å². The first-order valence-corrected chi connectivity index (χ1v) is 22.0. The minimum absolute atomic E-state index is 0.576. The van der Waals surface area contributed by atoms with Crippen molar-refractivity contribution in [2.24, 2.45) is 0 Å². The molecular formula is C63H40. The first-order valence-electron chi connectivity index (χ1n) is 22.0. The second-order valence-electron chi connectivity index (χ2n) is 17.0. The summed E-state index contributed by atoms with van der Waals surface area (Å²) in [5.41, 5.74) is 14.8. The highest BCUT2D eigenvalue weighted by molar-refractivity contribution is 6.23. The van der Waals surface area contributed by atoms with E-state index in [4.69, 9.17) is 0 Å². The van der Waals surface area contributed by atoms with Crippen molar-refractivity contribution in [3.8, 4) is 44.5 Å². The van der Waals surface area contributed by atoms with Crippen LogP contribution in [0.5, 0.6) is 0 Å². The van der Waals surface area contributed by atoms with Crippen LogP contribution in [0.2, 0.25) is 0 Å². The average molecular weight is 797 g/mol. The van der Waals surface area contributed by atoms with E-state index >= 15 is 0 Å². The van der Waals surface area contributed by atoms with E-state index < -0.39 is 5.41 Å². The standard InChI is InChI=1S/C63H40/c1-4-19-41(20-5-1)42-21-18-22-44(39-42)58-52-30-13-15-32-54(52)59(55-33-16-14-31-53(55)58)45-36-37-48-43(40-45)35-38-57-60-51-29-12-10-27-49(51)50-28-11-17-34-56(50)62(60)63(61(48)57,46-23-6-2-7-24-46)47-25-8-3-9-26-47/h1-40H. The number of hydrogen-bond donors (Lipinski definition) is 0. The van der Waals surface area contributed by atoms with E-state index in [1.807, 2.05) is 0 Å². The van der Waals surface area contributed by atoms with E-state index in [2.05, 4.69) is 243 Å². The fraction of sp³-hybridized carbons (Fsp3) is 0.0159. The quantitative estimate of drug-likeness (QED) is 0.120. The molecule has 63 heavy (non-hydrogen) atoms. The Labute approximate surface area is 367 Å². The summed E-state index contributed by atoms with van der Waals surface area (Å²) in [6.45, 7) is 0. The molecule has 0 unspecified atom stereocenters. The Kier molecular flexibility index (Phi) is 7.92. The monoisotopic (exact) mass is 796 g/mol. The second-order valence-corrected chi connectivity index (χ2v) is 17.0. The lowest BCUT2D eigenvalue weighted by molar-refractivity contribution is 0.783. The molecule has 0 N–H and O–H groups in total. The van der Waals surface area contributed by atoms with Gasteiger partial charge in [0, 0.05) is 0 Å². The molecule has 12 aromatic rings. The first-order chi connectivity index (χ1) is 31.3. The van der Waals surface area contributed by atoms with E-state index in [1.54, 1.807) is 0 Å². The van der Waals surface area contributed by atoms with Crippen LogP contribution in [0.3, 0.4) is 0 Å². The summed E-state index contributed by atoms with van der Waals surface area (Å²) >= 11 is 0. The van der Waals surface area contributed by atoms with Gasteiger partial charge in [0.2, 0.25) is 0 Å². The van der Waals surface area contributed by atoms with Crippen LogP contribution in [0.4, 0.5) is 0 Å². The fourth-order valence-electron chi connectivity index (χ4n) is 11.4. The Morgan fingerprint density at radius 3 is 1.22 bits per heavy atom. The predicted octanol–water partition coefficient (Wildman–Crippen LogP) is 16.8. The fourth-order valence-corrected chi connectivity index (χ4v) is 11.4. The Morgan fingerprint density at radius 1 is 0.222 bits per heavy atom. The normalized spacial score (nSPS) is 12.9. The van der Waals surface area contributed by atoms with E-state index in [9.17, 15) is 0 Å². The van der Waals surface area contributed by atoms with Crippen LogP contribution < -0.4 is 0 Å². The molecule has 13 rings (SSSR count). The third-order valence-corrected chi connectivity index (χ3v) is 13.9. The predicted molar refractivity (Wildman–Crippen MR) is 268 cm³/mol. The molecular weight excluding hydrogens is 757 g/mol. The van der Waals surface area contributed by atoms with Gasteiger partial charge in [-0.1, -0.05) is 231 Å². The highest BCUT2D eigenvalue weighted by Crippen LogP contribution is 2.62. The first kappa shape index (κ1) is 35.7. The molecule has 12 aromatic carbocycles. The lowest BCUT2D eigenvalue weighted by Crippen LogP contribution is -2.29. The maximum atomic E-state index is 2.46. The van der Waals surface area contributed by atoms with Crippen LogP contribution in [0.1, 0.15) is 22.3 Å². The van der Waals surface area contributed by atoms with Crippen molar-refractivity contribution in [3.63, 3.8) is 0 Å². The summed E-state index contributed by atoms with van der Waals surface area (Å²) in [5.74, 6) is 0. The Morgan fingerprint density at radius 2 is 0.651 bits per heavy atom. The van der Waals surface area contributed by atoms with Gasteiger partial charge in [-0.05, 0) is 133 Å². The van der Waals surface area contributed by atoms with Crippen molar-refractivity contribution in [1.82, 2.24) is 0 Å². The van der Waals surface area contributed by atoms with Crippen LogP contribution in [0.15, 0.2) is 243 Å². The van der Waals surface area contributed by atoms with E-state index in [0.717, 1.165) is 0 Å². The van der Waals surface area contributed by atoms with Crippen LogP contribution in [-0.2, 0) is 5.41 Å². The topological polar surface area (TPSA) is 0 Å². The molecule has 0 heteroatoms. The molecule has 0 nitrogen and oxygen atoms in total. The molecule has 0 fully saturated rings. The number of hydrogen-bond acceptors (Lipinski definition) is 0. The summed E-state index contributed by atoms with van der Waals surface area (Å²) in [6.07, 6.45) is 0. The van der Waals surface area contributed by atoms with E-state index in [0.29, 0.717) is 0 Å². The van der Waals surface area contributed by atoms with Crippen molar-refractivity contribution >= 4 is 53.9 Å². The SMILES string of the molecule is c1ccc(-c2cccc(-c3c4ccccc4c(-c4ccc5c6c(ccc5c4)-c4c(c5ccccc5c5ccccc45)C6(c4ccccc4)c4ccccc4)c4ccccc34)c2)cc1. The van der Waals surface area contributed by atoms with Gasteiger partial charge in [0.25, 0.3) is 0 Å². The minimum atomic E-state index is -0.576. The molecule has 1 aliphatic carbocycles.